The minimum atomic E-state index is -0.384. The van der Waals surface area contributed by atoms with Crippen LogP contribution in [-0.2, 0) is 13.0 Å². The topological polar surface area (TPSA) is 53.6 Å². The van der Waals surface area contributed by atoms with Gasteiger partial charge in [0.25, 0.3) is 0 Å². The monoisotopic (exact) mass is 268 g/mol. The molecule has 1 heterocycles. The van der Waals surface area contributed by atoms with Crippen molar-refractivity contribution in [1.82, 2.24) is 20.5 Å². The highest BCUT2D eigenvalue weighted by Crippen LogP contribution is 2.15. The van der Waals surface area contributed by atoms with Crippen LogP contribution in [0.3, 0.4) is 0 Å². The normalized spacial score (nSPS) is 10.8. The van der Waals surface area contributed by atoms with Crippen molar-refractivity contribution >= 4 is 11.6 Å². The van der Waals surface area contributed by atoms with Gasteiger partial charge in [0.1, 0.15) is 18.0 Å². The summed E-state index contributed by atoms with van der Waals surface area (Å²) >= 11 is 5.70. The average Bonchev–Trinajstić information content (AvgIpc) is 2.86. The van der Waals surface area contributed by atoms with Gasteiger partial charge in [-0.05, 0) is 30.7 Å². The lowest BCUT2D eigenvalue weighted by atomic mass is 10.2. The Labute approximate surface area is 110 Å². The number of aromatic amines is 1. The maximum Gasteiger partial charge on any atom is 0.141 e. The Balaban J connectivity index is 1.67. The number of hydrogen-bond donors (Lipinski definition) is 2. The number of nitrogens with one attached hydrogen (secondary N) is 2. The Morgan fingerprint density at radius 1 is 1.39 bits per heavy atom. The van der Waals surface area contributed by atoms with Gasteiger partial charge < -0.3 is 5.32 Å². The first-order chi connectivity index (χ1) is 8.75. The smallest absolute Gasteiger partial charge is 0.141 e. The van der Waals surface area contributed by atoms with Gasteiger partial charge in [0.15, 0.2) is 0 Å². The molecule has 0 amide bonds. The first kappa shape index (κ1) is 13.0. The number of H-pyrrole nitrogens is 1. The second kappa shape index (κ2) is 6.47. The van der Waals surface area contributed by atoms with Gasteiger partial charge in [-0.3, -0.25) is 5.10 Å². The van der Waals surface area contributed by atoms with E-state index in [1.54, 1.807) is 12.1 Å². The van der Waals surface area contributed by atoms with Crippen LogP contribution in [0.1, 0.15) is 17.8 Å². The third-order valence-corrected chi connectivity index (χ3v) is 2.83. The van der Waals surface area contributed by atoms with Crippen molar-refractivity contribution in [3.8, 4) is 0 Å². The van der Waals surface area contributed by atoms with Crippen LogP contribution in [0, 0.1) is 5.82 Å². The number of nitrogens with zero attached hydrogens (tertiary/aromatic N) is 2. The third-order valence-electron chi connectivity index (χ3n) is 2.55. The summed E-state index contributed by atoms with van der Waals surface area (Å²) in [4.78, 5) is 4.04. The molecular weight excluding hydrogens is 255 g/mol. The van der Waals surface area contributed by atoms with Crippen LogP contribution in [0.15, 0.2) is 24.5 Å². The van der Waals surface area contributed by atoms with Crippen molar-refractivity contribution in [2.75, 3.05) is 6.54 Å². The summed E-state index contributed by atoms with van der Waals surface area (Å²) in [6, 6.07) is 4.75. The molecule has 1 aromatic carbocycles. The lowest BCUT2D eigenvalue weighted by Crippen LogP contribution is -2.15. The second-order valence-corrected chi connectivity index (χ2v) is 4.37. The van der Waals surface area contributed by atoms with Crippen LogP contribution in [-0.4, -0.2) is 21.7 Å². The van der Waals surface area contributed by atoms with Gasteiger partial charge in [-0.1, -0.05) is 17.7 Å². The molecular formula is C12H14ClFN4. The lowest BCUT2D eigenvalue weighted by Gasteiger charge is -2.05. The van der Waals surface area contributed by atoms with Crippen LogP contribution < -0.4 is 5.32 Å². The Kier molecular flexibility index (Phi) is 4.66. The first-order valence-corrected chi connectivity index (χ1v) is 6.12. The van der Waals surface area contributed by atoms with Crippen LogP contribution in [0.4, 0.5) is 4.39 Å². The fourth-order valence-corrected chi connectivity index (χ4v) is 1.82. The molecule has 0 saturated carbocycles. The van der Waals surface area contributed by atoms with E-state index < -0.39 is 0 Å². The number of hydrogen-bond acceptors (Lipinski definition) is 3. The van der Waals surface area contributed by atoms with E-state index in [4.69, 9.17) is 11.6 Å². The second-order valence-electron chi connectivity index (χ2n) is 3.96. The molecule has 0 aliphatic carbocycles. The zero-order valence-corrected chi connectivity index (χ0v) is 10.5. The number of benzene rings is 1. The van der Waals surface area contributed by atoms with E-state index in [0.717, 1.165) is 30.8 Å². The van der Waals surface area contributed by atoms with E-state index in [1.807, 2.05) is 0 Å². The van der Waals surface area contributed by atoms with Crippen LogP contribution in [0.5, 0.6) is 0 Å². The molecule has 96 valence electrons. The molecule has 0 fully saturated rings. The van der Waals surface area contributed by atoms with E-state index in [1.165, 1.54) is 12.4 Å². The summed E-state index contributed by atoms with van der Waals surface area (Å²) in [5, 5.41) is 10.0. The molecule has 6 heteroatoms. The standard InChI is InChI=1S/C12H14ClFN4/c13-10-6-9(3-4-11(10)14)7-15-5-1-2-12-16-8-17-18-12/h3-4,6,8,15H,1-2,5,7H2,(H,16,17,18). The minimum absolute atomic E-state index is 0.163. The molecule has 0 unspecified atom stereocenters. The highest BCUT2D eigenvalue weighted by Gasteiger charge is 2.00. The molecule has 18 heavy (non-hydrogen) atoms. The predicted octanol–water partition coefficient (Wildman–Crippen LogP) is 2.32. The van der Waals surface area contributed by atoms with Gasteiger partial charge in [-0.25, -0.2) is 9.37 Å². The zero-order chi connectivity index (χ0) is 12.8. The Hall–Kier alpha value is -1.46. The SMILES string of the molecule is Fc1ccc(CNCCCc2ncn[nH]2)cc1Cl. The minimum Gasteiger partial charge on any atom is -0.313 e. The summed E-state index contributed by atoms with van der Waals surface area (Å²) < 4.78 is 12.9. The Morgan fingerprint density at radius 2 is 2.28 bits per heavy atom. The van der Waals surface area contributed by atoms with E-state index >= 15 is 0 Å². The van der Waals surface area contributed by atoms with Crippen LogP contribution in [0.2, 0.25) is 5.02 Å². The van der Waals surface area contributed by atoms with E-state index in [2.05, 4.69) is 20.5 Å². The highest BCUT2D eigenvalue weighted by atomic mass is 35.5. The van der Waals surface area contributed by atoms with Gasteiger partial charge in [0, 0.05) is 13.0 Å². The number of aromatic nitrogens is 3. The van der Waals surface area contributed by atoms with Crippen LogP contribution in [0.25, 0.3) is 0 Å². The van der Waals surface area contributed by atoms with E-state index in [0.29, 0.717) is 6.54 Å². The van der Waals surface area contributed by atoms with Gasteiger partial charge in [0.2, 0.25) is 0 Å². The van der Waals surface area contributed by atoms with Crippen molar-refractivity contribution < 1.29 is 4.39 Å². The number of halogens is 2. The largest absolute Gasteiger partial charge is 0.313 e. The highest BCUT2D eigenvalue weighted by molar-refractivity contribution is 6.30. The number of aryl methyl sites for hydroxylation is 1. The Bertz CT molecular complexity index is 487. The summed E-state index contributed by atoms with van der Waals surface area (Å²) in [5.74, 6) is 0.507. The van der Waals surface area contributed by atoms with E-state index in [9.17, 15) is 4.39 Å². The van der Waals surface area contributed by atoms with Crippen molar-refractivity contribution in [2.24, 2.45) is 0 Å². The molecule has 0 spiro atoms. The van der Waals surface area contributed by atoms with Crippen LogP contribution >= 0.6 is 11.6 Å². The fraction of sp³-hybridized carbons (Fsp3) is 0.333. The third kappa shape index (κ3) is 3.78. The van der Waals surface area contributed by atoms with Gasteiger partial charge in [-0.15, -0.1) is 0 Å². The molecule has 2 N–H and O–H groups in total. The maximum absolute atomic E-state index is 12.9. The Morgan fingerprint density at radius 3 is 3.00 bits per heavy atom. The lowest BCUT2D eigenvalue weighted by molar-refractivity contribution is 0.621. The van der Waals surface area contributed by atoms with Crippen molar-refractivity contribution in [2.45, 2.75) is 19.4 Å². The number of rotatable bonds is 6. The summed E-state index contributed by atoms with van der Waals surface area (Å²) in [6.07, 6.45) is 3.32. The van der Waals surface area contributed by atoms with Crippen molar-refractivity contribution in [3.63, 3.8) is 0 Å². The average molecular weight is 269 g/mol. The molecule has 0 radical (unpaired) electrons. The molecule has 0 aliphatic heterocycles. The van der Waals surface area contributed by atoms with Gasteiger partial charge in [0.05, 0.1) is 5.02 Å². The summed E-state index contributed by atoms with van der Waals surface area (Å²) in [6.45, 7) is 1.53. The molecule has 4 nitrogen and oxygen atoms in total. The molecule has 0 atom stereocenters. The summed E-state index contributed by atoms with van der Waals surface area (Å²) in [7, 11) is 0. The molecule has 2 aromatic rings. The maximum atomic E-state index is 12.9. The quantitative estimate of drug-likeness (QED) is 0.791. The fourth-order valence-electron chi connectivity index (χ4n) is 1.61. The molecule has 0 saturated heterocycles. The van der Waals surface area contributed by atoms with Crippen molar-refractivity contribution in [3.05, 3.63) is 46.8 Å². The summed E-state index contributed by atoms with van der Waals surface area (Å²) in [5.41, 5.74) is 0.973. The van der Waals surface area contributed by atoms with Gasteiger partial charge >= 0.3 is 0 Å². The van der Waals surface area contributed by atoms with Crippen molar-refractivity contribution in [1.29, 1.82) is 0 Å². The molecule has 1 aromatic heterocycles. The molecule has 2 rings (SSSR count). The predicted molar refractivity (Wildman–Crippen MR) is 67.8 cm³/mol. The van der Waals surface area contributed by atoms with E-state index in [-0.39, 0.29) is 10.8 Å². The zero-order valence-electron chi connectivity index (χ0n) is 9.79. The van der Waals surface area contributed by atoms with Gasteiger partial charge in [-0.2, -0.15) is 5.10 Å². The molecule has 0 bridgehead atoms. The molecule has 0 aliphatic rings. The first-order valence-electron chi connectivity index (χ1n) is 5.74.